The van der Waals surface area contributed by atoms with Crippen LogP contribution >= 0.6 is 11.3 Å². The summed E-state index contributed by atoms with van der Waals surface area (Å²) in [7, 11) is -2.41. The molecule has 156 valence electrons. The maximum atomic E-state index is 12.5. The number of aromatic nitrogens is 1. The van der Waals surface area contributed by atoms with E-state index in [9.17, 15) is 4.21 Å². The molecule has 2 heterocycles. The molecule has 0 amide bonds. The number of nitrogen functional groups attached to an aromatic ring is 1. The molecule has 3 N–H and O–H groups in total. The number of fused-ring (bicyclic) bond motifs is 2. The summed E-state index contributed by atoms with van der Waals surface area (Å²) in [6, 6.07) is 12.0. The Morgan fingerprint density at radius 3 is 2.60 bits per heavy atom. The van der Waals surface area contributed by atoms with Gasteiger partial charge in [-0.3, -0.25) is 0 Å². The molecule has 30 heavy (non-hydrogen) atoms. The first-order chi connectivity index (χ1) is 14.2. The number of nitrogens with one attached hydrogen (secondary N) is 1. The van der Waals surface area contributed by atoms with Crippen molar-refractivity contribution in [3.8, 4) is 11.1 Å². The van der Waals surface area contributed by atoms with Gasteiger partial charge in [-0.25, -0.2) is 9.19 Å². The normalized spacial score (nSPS) is 12.0. The van der Waals surface area contributed by atoms with Gasteiger partial charge in [-0.05, 0) is 34.9 Å². The number of rotatable bonds is 4. The van der Waals surface area contributed by atoms with Crippen molar-refractivity contribution in [3.05, 3.63) is 53.0 Å². The van der Waals surface area contributed by atoms with Crippen molar-refractivity contribution in [2.75, 3.05) is 18.2 Å². The molecule has 0 aliphatic carbocycles. The summed E-state index contributed by atoms with van der Waals surface area (Å²) in [4.78, 5) is 4.89. The van der Waals surface area contributed by atoms with Gasteiger partial charge in [0.1, 0.15) is 0 Å². The topological polar surface area (TPSA) is 92.2 Å². The van der Waals surface area contributed by atoms with Crippen LogP contribution in [0.25, 0.3) is 32.0 Å². The van der Waals surface area contributed by atoms with Crippen molar-refractivity contribution in [1.82, 2.24) is 4.98 Å². The summed E-state index contributed by atoms with van der Waals surface area (Å²) in [6.45, 7) is 4.19. The number of nitrogens with two attached hydrogens (primary N) is 1. The molecular weight excluding hydrogens is 412 g/mol. The van der Waals surface area contributed by atoms with Crippen molar-refractivity contribution in [2.24, 2.45) is 4.36 Å². The third-order valence-corrected chi connectivity index (χ3v) is 6.55. The summed E-state index contributed by atoms with van der Waals surface area (Å²) >= 11 is 1.70. The van der Waals surface area contributed by atoms with Gasteiger partial charge >= 0.3 is 0 Å². The van der Waals surface area contributed by atoms with Gasteiger partial charge in [0, 0.05) is 67.7 Å². The molecular formula is C23H26N4OS2. The van der Waals surface area contributed by atoms with Crippen LogP contribution in [0, 0.1) is 5.41 Å². The monoisotopic (exact) mass is 438 g/mol. The zero-order valence-electron chi connectivity index (χ0n) is 17.4. The fourth-order valence-electron chi connectivity index (χ4n) is 3.67. The molecule has 7 heteroatoms. The predicted molar refractivity (Wildman–Crippen MR) is 133 cm³/mol. The van der Waals surface area contributed by atoms with Gasteiger partial charge in [-0.15, -0.1) is 11.3 Å². The van der Waals surface area contributed by atoms with Crippen molar-refractivity contribution in [3.63, 3.8) is 0 Å². The van der Waals surface area contributed by atoms with Crippen LogP contribution in [0.1, 0.15) is 32.4 Å². The highest BCUT2D eigenvalue weighted by Gasteiger charge is 2.21. The highest BCUT2D eigenvalue weighted by Crippen LogP contribution is 2.44. The molecule has 0 bridgehead atoms. The standard InChI is InChI=1S/C23H24N4OS2.H2/c1-13(2)22-21(18-12-29-20-8-6-5-7-15(18)20)16-9-14(11-24)19(25)10-17(16)23(26-22)27-30(3,4)28;/h5-13,24H,25H2,1-4H3;1H. The van der Waals surface area contributed by atoms with E-state index in [4.69, 9.17) is 16.1 Å². The van der Waals surface area contributed by atoms with E-state index in [-0.39, 0.29) is 7.34 Å². The molecule has 0 atom stereocenters. The highest BCUT2D eigenvalue weighted by atomic mass is 32.2. The van der Waals surface area contributed by atoms with Crippen LogP contribution in [-0.4, -0.2) is 27.9 Å². The molecule has 4 rings (SSSR count). The van der Waals surface area contributed by atoms with Crippen molar-refractivity contribution < 1.29 is 5.64 Å². The van der Waals surface area contributed by atoms with E-state index in [1.807, 2.05) is 18.2 Å². The molecule has 0 saturated heterocycles. The van der Waals surface area contributed by atoms with Crippen LogP contribution in [0.3, 0.4) is 0 Å². The smallest absolute Gasteiger partial charge is 0.169 e. The molecule has 0 saturated carbocycles. The van der Waals surface area contributed by atoms with Gasteiger partial charge < -0.3 is 11.1 Å². The molecule has 4 aromatic rings. The third-order valence-electron chi connectivity index (χ3n) is 4.97. The molecule has 0 aliphatic rings. The van der Waals surface area contributed by atoms with Crippen LogP contribution in [-0.2, 0) is 9.73 Å². The second-order valence-corrected chi connectivity index (χ2v) is 11.4. The van der Waals surface area contributed by atoms with Crippen molar-refractivity contribution in [1.29, 1.82) is 5.41 Å². The summed E-state index contributed by atoms with van der Waals surface area (Å²) in [5.74, 6) is 0.568. The second kappa shape index (κ2) is 7.49. The SMILES string of the molecule is CC(C)c1nc(N=S(C)(C)=O)c2cc(N)c(C=N)cc2c1-c1csc2ccccc12.[HH]. The average molecular weight is 439 g/mol. The summed E-state index contributed by atoms with van der Waals surface area (Å²) in [5.41, 5.74) is 10.4. The van der Waals surface area contributed by atoms with Crippen LogP contribution in [0.2, 0.25) is 0 Å². The average Bonchev–Trinajstić information content (AvgIpc) is 3.10. The number of hydrogen-bond acceptors (Lipinski definition) is 6. The molecule has 0 fully saturated rings. The molecule has 0 unspecified atom stereocenters. The first kappa shape index (κ1) is 20.5. The highest BCUT2D eigenvalue weighted by molar-refractivity contribution is 7.92. The number of pyridine rings is 1. The van der Waals surface area contributed by atoms with E-state index in [1.165, 1.54) is 16.3 Å². The van der Waals surface area contributed by atoms with E-state index in [2.05, 4.69) is 35.7 Å². The maximum Gasteiger partial charge on any atom is 0.169 e. The first-order valence-electron chi connectivity index (χ1n) is 9.61. The zero-order valence-corrected chi connectivity index (χ0v) is 19.0. The Bertz CT molecular complexity index is 1420. The van der Waals surface area contributed by atoms with E-state index in [0.717, 1.165) is 27.6 Å². The lowest BCUT2D eigenvalue weighted by Gasteiger charge is -2.18. The van der Waals surface area contributed by atoms with Crippen LogP contribution in [0.5, 0.6) is 0 Å². The Balaban J connectivity index is 0.00000272. The quantitative estimate of drug-likeness (QED) is 0.284. The predicted octanol–water partition coefficient (Wildman–Crippen LogP) is 6.42. The van der Waals surface area contributed by atoms with E-state index < -0.39 is 9.73 Å². The molecule has 5 nitrogen and oxygen atoms in total. The molecule has 0 radical (unpaired) electrons. The Labute approximate surface area is 182 Å². The van der Waals surface area contributed by atoms with E-state index in [1.54, 1.807) is 29.9 Å². The van der Waals surface area contributed by atoms with Gasteiger partial charge in [0.15, 0.2) is 5.82 Å². The van der Waals surface area contributed by atoms with Crippen LogP contribution in [0.4, 0.5) is 11.5 Å². The van der Waals surface area contributed by atoms with Gasteiger partial charge in [-0.1, -0.05) is 32.0 Å². The number of hydrogen-bond donors (Lipinski definition) is 2. The van der Waals surface area contributed by atoms with Crippen molar-refractivity contribution in [2.45, 2.75) is 19.8 Å². The number of benzene rings is 2. The molecule has 2 aromatic carbocycles. The largest absolute Gasteiger partial charge is 0.398 e. The Morgan fingerprint density at radius 1 is 1.20 bits per heavy atom. The number of anilines is 1. The lowest BCUT2D eigenvalue weighted by molar-refractivity contribution is 0.684. The fourth-order valence-corrected chi connectivity index (χ4v) is 5.18. The first-order valence-corrected chi connectivity index (χ1v) is 12.8. The van der Waals surface area contributed by atoms with Gasteiger partial charge in [0.25, 0.3) is 0 Å². The van der Waals surface area contributed by atoms with E-state index >= 15 is 0 Å². The minimum Gasteiger partial charge on any atom is -0.398 e. The Morgan fingerprint density at radius 2 is 1.93 bits per heavy atom. The van der Waals surface area contributed by atoms with Gasteiger partial charge in [0.2, 0.25) is 0 Å². The summed E-state index contributed by atoms with van der Waals surface area (Å²) in [5, 5.41) is 12.8. The third kappa shape index (κ3) is 3.59. The van der Waals surface area contributed by atoms with Gasteiger partial charge in [-0.2, -0.15) is 4.36 Å². The minimum absolute atomic E-state index is 0. The molecule has 0 aliphatic heterocycles. The van der Waals surface area contributed by atoms with Crippen molar-refractivity contribution >= 4 is 59.6 Å². The fraction of sp³-hybridized carbons (Fsp3) is 0.217. The Hall–Kier alpha value is -2.77. The zero-order chi connectivity index (χ0) is 21.6. The van der Waals surface area contributed by atoms with E-state index in [0.29, 0.717) is 17.1 Å². The van der Waals surface area contributed by atoms with Crippen LogP contribution in [0.15, 0.2) is 46.1 Å². The minimum atomic E-state index is -2.41. The molecule has 0 spiro atoms. The molecule has 2 aromatic heterocycles. The second-order valence-electron chi connectivity index (χ2n) is 7.94. The van der Waals surface area contributed by atoms with Gasteiger partial charge in [0.05, 0.1) is 5.69 Å². The Kier molecular flexibility index (Phi) is 5.11. The van der Waals surface area contributed by atoms with Crippen LogP contribution < -0.4 is 5.73 Å². The lowest BCUT2D eigenvalue weighted by atomic mass is 9.91. The summed E-state index contributed by atoms with van der Waals surface area (Å²) < 4.78 is 18.2. The maximum absolute atomic E-state index is 12.5. The lowest BCUT2D eigenvalue weighted by Crippen LogP contribution is -2.02. The number of nitrogens with zero attached hydrogens (tertiary/aromatic N) is 2. The number of thiophene rings is 1. The summed E-state index contributed by atoms with van der Waals surface area (Å²) in [6.07, 6.45) is 4.47.